The lowest BCUT2D eigenvalue weighted by atomic mass is 10.1. The lowest BCUT2D eigenvalue weighted by Crippen LogP contribution is -2.16. The fourth-order valence-corrected chi connectivity index (χ4v) is 4.11. The number of nitrogens with zero attached hydrogens (tertiary/aromatic N) is 2. The van der Waals surface area contributed by atoms with Crippen LogP contribution in [0.25, 0.3) is 11.3 Å². The number of anilines is 1. The Bertz CT molecular complexity index is 1160. The number of ether oxygens (including phenoxy) is 1. The first-order valence-electron chi connectivity index (χ1n) is 10.3. The number of carbonyl (C=O) groups is 1. The Morgan fingerprint density at radius 3 is 2.28 bits per heavy atom. The quantitative estimate of drug-likeness (QED) is 0.361. The van der Waals surface area contributed by atoms with Crippen LogP contribution in [0.2, 0.25) is 0 Å². The summed E-state index contributed by atoms with van der Waals surface area (Å²) in [7, 11) is 2.05. The number of aliphatic carboxylic acids is 1. The highest BCUT2D eigenvalue weighted by atomic mass is 32.1. The molecule has 0 aliphatic carbocycles. The van der Waals surface area contributed by atoms with Crippen LogP contribution < -0.4 is 9.64 Å². The Morgan fingerprint density at radius 1 is 0.938 bits per heavy atom. The smallest absolute Gasteiger partial charge is 0.307 e. The lowest BCUT2D eigenvalue weighted by Gasteiger charge is -2.16. The van der Waals surface area contributed by atoms with Crippen molar-refractivity contribution in [3.8, 4) is 17.0 Å². The van der Waals surface area contributed by atoms with Crippen molar-refractivity contribution < 1.29 is 14.6 Å². The molecule has 5 nitrogen and oxygen atoms in total. The number of carboxylic acid groups (broad SMARTS) is 1. The van der Waals surface area contributed by atoms with E-state index < -0.39 is 5.97 Å². The fourth-order valence-electron chi connectivity index (χ4n) is 3.31. The third-order valence-corrected chi connectivity index (χ3v) is 5.97. The van der Waals surface area contributed by atoms with Gasteiger partial charge < -0.3 is 14.7 Å². The maximum Gasteiger partial charge on any atom is 0.307 e. The number of hydrogen-bond donors (Lipinski definition) is 1. The van der Waals surface area contributed by atoms with Crippen molar-refractivity contribution in [1.82, 2.24) is 4.98 Å². The molecule has 1 heterocycles. The normalized spacial score (nSPS) is 10.7. The van der Waals surface area contributed by atoms with E-state index in [4.69, 9.17) is 14.8 Å². The van der Waals surface area contributed by atoms with Crippen molar-refractivity contribution in [2.45, 2.75) is 19.6 Å². The molecule has 0 atom stereocenters. The van der Waals surface area contributed by atoms with E-state index in [1.807, 2.05) is 18.2 Å². The van der Waals surface area contributed by atoms with Crippen LogP contribution in [0.1, 0.15) is 16.7 Å². The molecule has 0 bridgehead atoms. The van der Waals surface area contributed by atoms with Crippen molar-refractivity contribution in [2.75, 3.05) is 11.9 Å². The first kappa shape index (κ1) is 21.6. The van der Waals surface area contributed by atoms with Crippen molar-refractivity contribution in [3.63, 3.8) is 0 Å². The van der Waals surface area contributed by atoms with Crippen molar-refractivity contribution in [3.05, 3.63) is 101 Å². The molecule has 0 aliphatic rings. The summed E-state index contributed by atoms with van der Waals surface area (Å²) in [5, 5.41) is 11.9. The van der Waals surface area contributed by atoms with E-state index in [-0.39, 0.29) is 6.42 Å². The predicted octanol–water partition coefficient (Wildman–Crippen LogP) is 5.65. The zero-order valence-electron chi connectivity index (χ0n) is 17.8. The number of benzene rings is 3. The first-order valence-corrected chi connectivity index (χ1v) is 11.2. The topological polar surface area (TPSA) is 62.7 Å². The van der Waals surface area contributed by atoms with Gasteiger partial charge in [-0.2, -0.15) is 0 Å². The highest BCUT2D eigenvalue weighted by Gasteiger charge is 2.09. The van der Waals surface area contributed by atoms with E-state index in [1.54, 1.807) is 35.6 Å². The van der Waals surface area contributed by atoms with Gasteiger partial charge >= 0.3 is 5.97 Å². The predicted molar refractivity (Wildman–Crippen MR) is 128 cm³/mol. The number of thiazole rings is 1. The lowest BCUT2D eigenvalue weighted by molar-refractivity contribution is -0.136. The Hall–Kier alpha value is -3.64. The van der Waals surface area contributed by atoms with Gasteiger partial charge in [-0.1, -0.05) is 66.7 Å². The van der Waals surface area contributed by atoms with Gasteiger partial charge in [0.1, 0.15) is 12.4 Å². The Labute approximate surface area is 191 Å². The van der Waals surface area contributed by atoms with Gasteiger partial charge in [0.15, 0.2) is 5.13 Å². The summed E-state index contributed by atoms with van der Waals surface area (Å²) in [5.41, 5.74) is 5.16. The molecule has 0 aliphatic heterocycles. The Balaban J connectivity index is 1.31. The van der Waals surface area contributed by atoms with Gasteiger partial charge in [-0.3, -0.25) is 4.79 Å². The van der Waals surface area contributed by atoms with E-state index in [2.05, 4.69) is 53.7 Å². The second-order valence-electron chi connectivity index (χ2n) is 7.56. The summed E-state index contributed by atoms with van der Waals surface area (Å²) < 4.78 is 5.82. The summed E-state index contributed by atoms with van der Waals surface area (Å²) in [4.78, 5) is 17.7. The Morgan fingerprint density at radius 2 is 1.59 bits per heavy atom. The van der Waals surface area contributed by atoms with E-state index >= 15 is 0 Å². The van der Waals surface area contributed by atoms with Gasteiger partial charge in [-0.15, -0.1) is 11.3 Å². The van der Waals surface area contributed by atoms with Crippen LogP contribution in [0.4, 0.5) is 5.13 Å². The summed E-state index contributed by atoms with van der Waals surface area (Å²) in [5.74, 6) is -0.114. The molecule has 0 amide bonds. The van der Waals surface area contributed by atoms with Gasteiger partial charge in [0.2, 0.25) is 0 Å². The SMILES string of the molecule is CN(Cc1ccc(COc2ccc(CC(=O)O)cc2)cc1)c1nc(-c2ccccc2)cs1. The summed E-state index contributed by atoms with van der Waals surface area (Å²) in [6.45, 7) is 1.23. The van der Waals surface area contributed by atoms with Crippen molar-refractivity contribution in [1.29, 1.82) is 0 Å². The Kier molecular flexibility index (Phi) is 6.82. The van der Waals surface area contributed by atoms with Crippen molar-refractivity contribution in [2.24, 2.45) is 0 Å². The van der Waals surface area contributed by atoms with Crippen LogP contribution in [0.3, 0.4) is 0 Å². The van der Waals surface area contributed by atoms with Gasteiger partial charge in [-0.05, 0) is 28.8 Å². The summed E-state index contributed by atoms with van der Waals surface area (Å²) >= 11 is 1.65. The molecular formula is C26H24N2O3S. The molecular weight excluding hydrogens is 420 g/mol. The van der Waals surface area contributed by atoms with Gasteiger partial charge in [-0.25, -0.2) is 4.98 Å². The minimum absolute atomic E-state index is 0.0186. The number of aromatic nitrogens is 1. The number of hydrogen-bond acceptors (Lipinski definition) is 5. The maximum atomic E-state index is 10.8. The van der Waals surface area contributed by atoms with Crippen LogP contribution in [-0.4, -0.2) is 23.1 Å². The van der Waals surface area contributed by atoms with Crippen LogP contribution >= 0.6 is 11.3 Å². The largest absolute Gasteiger partial charge is 0.489 e. The van der Waals surface area contributed by atoms with E-state index in [1.165, 1.54) is 5.56 Å². The number of carboxylic acids is 1. The molecule has 3 aromatic carbocycles. The van der Waals surface area contributed by atoms with E-state index in [0.29, 0.717) is 6.61 Å². The average molecular weight is 445 g/mol. The highest BCUT2D eigenvalue weighted by Crippen LogP contribution is 2.27. The molecule has 0 radical (unpaired) electrons. The van der Waals surface area contributed by atoms with Gasteiger partial charge in [0.25, 0.3) is 0 Å². The summed E-state index contributed by atoms with van der Waals surface area (Å²) in [6.07, 6.45) is 0.0186. The zero-order valence-corrected chi connectivity index (χ0v) is 18.6. The molecule has 0 saturated heterocycles. The van der Waals surface area contributed by atoms with Crippen LogP contribution in [-0.2, 0) is 24.4 Å². The minimum atomic E-state index is -0.837. The molecule has 0 fully saturated rings. The standard InChI is InChI=1S/C26H24N2O3S/c1-28(26-27-24(18-32-26)22-5-3-2-4-6-22)16-20-7-9-21(10-8-20)17-31-23-13-11-19(12-14-23)15-25(29)30/h2-14,18H,15-17H2,1H3,(H,29,30). The molecule has 0 unspecified atom stereocenters. The third kappa shape index (κ3) is 5.74. The third-order valence-electron chi connectivity index (χ3n) is 5.02. The molecule has 0 saturated carbocycles. The molecule has 32 heavy (non-hydrogen) atoms. The van der Waals surface area contributed by atoms with Crippen LogP contribution in [0.5, 0.6) is 5.75 Å². The molecule has 0 spiro atoms. The monoisotopic (exact) mass is 444 g/mol. The van der Waals surface area contributed by atoms with Crippen LogP contribution in [0.15, 0.2) is 84.2 Å². The fraction of sp³-hybridized carbons (Fsp3) is 0.154. The average Bonchev–Trinajstić information content (AvgIpc) is 3.30. The molecule has 4 rings (SSSR count). The minimum Gasteiger partial charge on any atom is -0.489 e. The molecule has 1 aromatic heterocycles. The number of rotatable bonds is 9. The van der Waals surface area contributed by atoms with Crippen LogP contribution in [0, 0.1) is 0 Å². The summed E-state index contributed by atoms with van der Waals surface area (Å²) in [6, 6.07) is 25.7. The van der Waals surface area contributed by atoms with Gasteiger partial charge in [0, 0.05) is 24.5 Å². The second kappa shape index (κ2) is 10.1. The molecule has 162 valence electrons. The van der Waals surface area contributed by atoms with E-state index in [0.717, 1.165) is 39.8 Å². The zero-order chi connectivity index (χ0) is 22.3. The maximum absolute atomic E-state index is 10.8. The first-order chi connectivity index (χ1) is 15.6. The van der Waals surface area contributed by atoms with Crippen molar-refractivity contribution >= 4 is 22.4 Å². The molecule has 1 N–H and O–H groups in total. The highest BCUT2D eigenvalue weighted by molar-refractivity contribution is 7.14. The van der Waals surface area contributed by atoms with E-state index in [9.17, 15) is 4.79 Å². The van der Waals surface area contributed by atoms with Gasteiger partial charge in [0.05, 0.1) is 12.1 Å². The second-order valence-corrected chi connectivity index (χ2v) is 8.39. The molecule has 6 heteroatoms. The molecule has 4 aromatic rings.